The fourth-order valence-electron chi connectivity index (χ4n) is 1.93. The van der Waals surface area contributed by atoms with Gasteiger partial charge < -0.3 is 10.3 Å². The van der Waals surface area contributed by atoms with E-state index in [0.29, 0.717) is 4.88 Å². The monoisotopic (exact) mass is 293 g/mol. The van der Waals surface area contributed by atoms with Gasteiger partial charge in [0.05, 0.1) is 11.7 Å². The number of hydrogen-bond acceptors (Lipinski definition) is 5. The Morgan fingerprint density at radius 3 is 2.80 bits per heavy atom. The van der Waals surface area contributed by atoms with Crippen molar-refractivity contribution in [3.05, 3.63) is 28.3 Å². The van der Waals surface area contributed by atoms with Crippen LogP contribution in [0, 0.1) is 6.92 Å². The molecule has 2 rings (SSSR count). The van der Waals surface area contributed by atoms with Crippen LogP contribution in [0.4, 0.5) is 0 Å². The Bertz CT molecular complexity index is 589. The quantitative estimate of drug-likeness (QED) is 0.887. The molecule has 2 heterocycles. The van der Waals surface area contributed by atoms with Gasteiger partial charge in [-0.25, -0.2) is 4.98 Å². The Morgan fingerprint density at radius 1 is 1.50 bits per heavy atom. The van der Waals surface area contributed by atoms with Crippen molar-refractivity contribution in [2.75, 3.05) is 0 Å². The van der Waals surface area contributed by atoms with Gasteiger partial charge >= 0.3 is 0 Å². The Morgan fingerprint density at radius 2 is 2.25 bits per heavy atom. The highest BCUT2D eigenvalue weighted by atomic mass is 32.1. The number of aryl methyl sites for hydroxylation is 1. The number of aromatic amines is 1. The van der Waals surface area contributed by atoms with E-state index in [-0.39, 0.29) is 17.9 Å². The highest BCUT2D eigenvalue weighted by Crippen LogP contribution is 2.21. The van der Waals surface area contributed by atoms with Crippen LogP contribution in [-0.4, -0.2) is 25.5 Å². The average Bonchev–Trinajstić information content (AvgIpc) is 3.04. The number of rotatable bonds is 5. The Labute approximate surface area is 122 Å². The topological polar surface area (TPSA) is 83.6 Å². The van der Waals surface area contributed by atoms with E-state index in [4.69, 9.17) is 0 Å². The van der Waals surface area contributed by atoms with Crippen molar-refractivity contribution >= 4 is 17.4 Å². The molecule has 0 aliphatic rings. The highest BCUT2D eigenvalue weighted by Gasteiger charge is 2.22. The smallest absolute Gasteiger partial charge is 0.265 e. The maximum atomic E-state index is 12.4. The minimum atomic E-state index is -0.135. The summed E-state index contributed by atoms with van der Waals surface area (Å²) in [6.45, 7) is 7.95. The molecule has 0 fully saturated rings. The van der Waals surface area contributed by atoms with Crippen LogP contribution in [0.2, 0.25) is 0 Å². The van der Waals surface area contributed by atoms with Crippen molar-refractivity contribution < 1.29 is 4.79 Å². The molecule has 0 aliphatic heterocycles. The second-order valence-electron chi connectivity index (χ2n) is 5.03. The van der Waals surface area contributed by atoms with Gasteiger partial charge in [0, 0.05) is 11.9 Å². The van der Waals surface area contributed by atoms with Crippen LogP contribution in [0.15, 0.2) is 6.20 Å². The molecule has 0 saturated carbocycles. The molecule has 20 heavy (non-hydrogen) atoms. The molecule has 0 radical (unpaired) electrons. The van der Waals surface area contributed by atoms with Crippen LogP contribution in [0.1, 0.15) is 66.0 Å². The predicted octanol–water partition coefficient (Wildman–Crippen LogP) is 2.57. The molecule has 108 valence electrons. The van der Waals surface area contributed by atoms with E-state index in [1.165, 1.54) is 0 Å². The van der Waals surface area contributed by atoms with E-state index in [0.717, 1.165) is 35.2 Å². The molecule has 2 aromatic heterocycles. The molecule has 0 unspecified atom stereocenters. The number of hydrogen-bond donors (Lipinski definition) is 2. The highest BCUT2D eigenvalue weighted by molar-refractivity contribution is 7.08. The lowest BCUT2D eigenvalue weighted by molar-refractivity contribution is 0.0936. The third-order valence-electron chi connectivity index (χ3n) is 3.03. The SMILES string of the molecule is CC[C@@H](NC(=O)c1snnc1C(C)C)c1ncc(C)[nH]1. The molecular weight excluding hydrogens is 274 g/mol. The molecule has 2 aromatic rings. The number of H-pyrrole nitrogens is 1. The number of carbonyl (C=O) groups excluding carboxylic acids is 1. The van der Waals surface area contributed by atoms with Gasteiger partial charge in [-0.2, -0.15) is 0 Å². The second-order valence-corrected chi connectivity index (χ2v) is 5.78. The molecule has 0 aliphatic carbocycles. The van der Waals surface area contributed by atoms with Gasteiger partial charge in [-0.15, -0.1) is 5.10 Å². The predicted molar refractivity (Wildman–Crippen MR) is 77.8 cm³/mol. The Balaban J connectivity index is 2.15. The van der Waals surface area contributed by atoms with Crippen molar-refractivity contribution in [3.63, 3.8) is 0 Å². The summed E-state index contributed by atoms with van der Waals surface area (Å²) in [6.07, 6.45) is 2.53. The summed E-state index contributed by atoms with van der Waals surface area (Å²) in [5.74, 6) is 0.826. The summed E-state index contributed by atoms with van der Waals surface area (Å²) in [4.78, 5) is 20.4. The van der Waals surface area contributed by atoms with Gasteiger partial charge in [-0.05, 0) is 30.8 Å². The normalized spacial score (nSPS) is 12.7. The molecule has 7 heteroatoms. The van der Waals surface area contributed by atoms with Gasteiger partial charge in [0.15, 0.2) is 0 Å². The number of nitrogens with zero attached hydrogens (tertiary/aromatic N) is 3. The summed E-state index contributed by atoms with van der Waals surface area (Å²) in [5, 5.41) is 7.02. The van der Waals surface area contributed by atoms with Crippen molar-refractivity contribution in [2.24, 2.45) is 0 Å². The largest absolute Gasteiger partial charge is 0.344 e. The maximum absolute atomic E-state index is 12.4. The van der Waals surface area contributed by atoms with E-state index in [2.05, 4.69) is 24.9 Å². The number of aromatic nitrogens is 4. The number of amides is 1. The van der Waals surface area contributed by atoms with Crippen LogP contribution in [0.25, 0.3) is 0 Å². The molecule has 1 amide bonds. The number of imidazole rings is 1. The van der Waals surface area contributed by atoms with Crippen LogP contribution in [-0.2, 0) is 0 Å². The zero-order chi connectivity index (χ0) is 14.7. The number of nitrogens with one attached hydrogen (secondary N) is 2. The summed E-state index contributed by atoms with van der Waals surface area (Å²) in [5.41, 5.74) is 1.73. The molecule has 0 saturated heterocycles. The zero-order valence-electron chi connectivity index (χ0n) is 12.1. The van der Waals surface area contributed by atoms with Crippen molar-refractivity contribution in [1.82, 2.24) is 24.9 Å². The van der Waals surface area contributed by atoms with E-state index in [1.807, 2.05) is 27.7 Å². The van der Waals surface area contributed by atoms with Gasteiger partial charge in [0.1, 0.15) is 10.7 Å². The minimum Gasteiger partial charge on any atom is -0.344 e. The van der Waals surface area contributed by atoms with Crippen LogP contribution in [0.3, 0.4) is 0 Å². The zero-order valence-corrected chi connectivity index (χ0v) is 12.9. The second kappa shape index (κ2) is 6.13. The lowest BCUT2D eigenvalue weighted by Gasteiger charge is -2.14. The van der Waals surface area contributed by atoms with E-state index >= 15 is 0 Å². The first kappa shape index (κ1) is 14.6. The molecule has 0 spiro atoms. The average molecular weight is 293 g/mol. The molecule has 0 aromatic carbocycles. The maximum Gasteiger partial charge on any atom is 0.265 e. The Hall–Kier alpha value is -1.76. The molecular formula is C13H19N5OS. The van der Waals surface area contributed by atoms with Gasteiger partial charge in [0.25, 0.3) is 5.91 Å². The van der Waals surface area contributed by atoms with E-state index in [9.17, 15) is 4.79 Å². The molecule has 2 N–H and O–H groups in total. The lowest BCUT2D eigenvalue weighted by Crippen LogP contribution is -2.29. The van der Waals surface area contributed by atoms with Crippen molar-refractivity contribution in [3.8, 4) is 0 Å². The molecule has 0 bridgehead atoms. The van der Waals surface area contributed by atoms with Crippen molar-refractivity contribution in [2.45, 2.75) is 46.1 Å². The van der Waals surface area contributed by atoms with Crippen LogP contribution in [0.5, 0.6) is 0 Å². The fraction of sp³-hybridized carbons (Fsp3) is 0.538. The lowest BCUT2D eigenvalue weighted by atomic mass is 10.1. The standard InChI is InChI=1S/C13H19N5OS/c1-5-9(12-14-6-8(4)15-12)16-13(19)11-10(7(2)3)17-18-20-11/h6-7,9H,5H2,1-4H3,(H,14,15)(H,16,19)/t9-/m1/s1. The molecule has 6 nitrogen and oxygen atoms in total. The van der Waals surface area contributed by atoms with Gasteiger partial charge in [0.2, 0.25) is 0 Å². The van der Waals surface area contributed by atoms with Crippen molar-refractivity contribution in [1.29, 1.82) is 0 Å². The Kier molecular flexibility index (Phi) is 4.49. The third-order valence-corrected chi connectivity index (χ3v) is 3.77. The fourth-order valence-corrected chi connectivity index (χ4v) is 2.65. The molecule has 1 atom stereocenters. The third kappa shape index (κ3) is 3.04. The van der Waals surface area contributed by atoms with E-state index in [1.54, 1.807) is 6.20 Å². The summed E-state index contributed by atoms with van der Waals surface area (Å²) in [6, 6.07) is -0.127. The first-order valence-electron chi connectivity index (χ1n) is 6.67. The first-order chi connectivity index (χ1) is 9.52. The van der Waals surface area contributed by atoms with Gasteiger partial charge in [-0.3, -0.25) is 4.79 Å². The van der Waals surface area contributed by atoms with Crippen LogP contribution >= 0.6 is 11.5 Å². The summed E-state index contributed by atoms with van der Waals surface area (Å²) < 4.78 is 3.88. The summed E-state index contributed by atoms with van der Waals surface area (Å²) >= 11 is 1.14. The summed E-state index contributed by atoms with van der Waals surface area (Å²) in [7, 11) is 0. The minimum absolute atomic E-state index is 0.127. The first-order valence-corrected chi connectivity index (χ1v) is 7.44. The van der Waals surface area contributed by atoms with E-state index < -0.39 is 0 Å². The number of carbonyl (C=O) groups is 1. The van der Waals surface area contributed by atoms with Gasteiger partial charge in [-0.1, -0.05) is 25.3 Å². The van der Waals surface area contributed by atoms with Crippen LogP contribution < -0.4 is 5.32 Å².